The second kappa shape index (κ2) is 9.76. The largest absolute Gasteiger partial charge is 0.444 e. The predicted octanol–water partition coefficient (Wildman–Crippen LogP) is 4.24. The Labute approximate surface area is 194 Å². The van der Waals surface area contributed by atoms with Crippen LogP contribution in [0.5, 0.6) is 0 Å². The number of nitrogens with one attached hydrogen (secondary N) is 2. The molecule has 1 aromatic carbocycles. The molecule has 0 bridgehead atoms. The Bertz CT molecular complexity index is 1050. The number of carbonyl (C=O) groups excluding carboxylic acids is 1. The van der Waals surface area contributed by atoms with Crippen LogP contribution in [0.1, 0.15) is 64.3 Å². The van der Waals surface area contributed by atoms with Crippen molar-refractivity contribution >= 4 is 33.1 Å². The van der Waals surface area contributed by atoms with Crippen LogP contribution in [0, 0.1) is 0 Å². The summed E-state index contributed by atoms with van der Waals surface area (Å²) in [6.07, 6.45) is 4.86. The fourth-order valence-corrected chi connectivity index (χ4v) is 6.28. The van der Waals surface area contributed by atoms with Crippen molar-refractivity contribution in [3.63, 3.8) is 0 Å². The molecule has 1 aliphatic carbocycles. The summed E-state index contributed by atoms with van der Waals surface area (Å²) < 4.78 is 33.2. The molecule has 0 spiro atoms. The fourth-order valence-electron chi connectivity index (χ4n) is 3.79. The van der Waals surface area contributed by atoms with E-state index in [2.05, 4.69) is 15.0 Å². The van der Waals surface area contributed by atoms with E-state index in [-0.39, 0.29) is 22.9 Å². The molecule has 1 aliphatic rings. The summed E-state index contributed by atoms with van der Waals surface area (Å²) >= 11 is 1.51. The second-order valence-electron chi connectivity index (χ2n) is 9.01. The van der Waals surface area contributed by atoms with Crippen molar-refractivity contribution < 1.29 is 17.9 Å². The van der Waals surface area contributed by atoms with Crippen molar-refractivity contribution in [3.05, 3.63) is 29.4 Å². The van der Waals surface area contributed by atoms with Crippen molar-refractivity contribution in [1.82, 2.24) is 15.0 Å². The molecule has 1 fully saturated rings. The van der Waals surface area contributed by atoms with Crippen LogP contribution in [0.25, 0.3) is 10.4 Å². The minimum Gasteiger partial charge on any atom is -0.444 e. The average molecular weight is 481 g/mol. The maximum atomic E-state index is 12.7. The van der Waals surface area contributed by atoms with Crippen molar-refractivity contribution in [2.24, 2.45) is 0 Å². The smallest absolute Gasteiger partial charge is 0.407 e. The first-order chi connectivity index (χ1) is 15.0. The van der Waals surface area contributed by atoms with Gasteiger partial charge in [-0.05, 0) is 58.6 Å². The summed E-state index contributed by atoms with van der Waals surface area (Å²) in [5.74, 6) is 0.285. The number of nitrogen functional groups attached to an aromatic ring is 1. The van der Waals surface area contributed by atoms with Crippen LogP contribution in [-0.4, -0.2) is 37.7 Å². The number of ether oxygens (including phenoxy) is 1. The third kappa shape index (κ3) is 6.20. The standard InChI is InChI=1S/C22H32N4O4S2/c1-5-25-32(28,29)19-12-15(23)8-11-17(19)18-13-24-20(31-18)14-6-9-16(10-7-14)26-21(27)30-22(2,3)4/h8,11-14,16,25H,5-7,9-10,23H2,1-4H3,(H,26,27)/t14-,16-. The number of thiazole rings is 1. The molecule has 0 aliphatic heterocycles. The minimum absolute atomic E-state index is 0.0921. The van der Waals surface area contributed by atoms with Gasteiger partial charge in [0.15, 0.2) is 0 Å². The number of carbonyl (C=O) groups is 1. The molecule has 4 N–H and O–H groups in total. The maximum Gasteiger partial charge on any atom is 0.407 e. The van der Waals surface area contributed by atoms with E-state index in [1.165, 1.54) is 17.4 Å². The van der Waals surface area contributed by atoms with Gasteiger partial charge in [0, 0.05) is 36.0 Å². The van der Waals surface area contributed by atoms with Crippen molar-refractivity contribution in [2.75, 3.05) is 12.3 Å². The highest BCUT2D eigenvalue weighted by molar-refractivity contribution is 7.89. The zero-order valence-corrected chi connectivity index (χ0v) is 20.6. The summed E-state index contributed by atoms with van der Waals surface area (Å²) in [5.41, 5.74) is 6.34. The van der Waals surface area contributed by atoms with E-state index in [9.17, 15) is 13.2 Å². The van der Waals surface area contributed by atoms with Crippen LogP contribution >= 0.6 is 11.3 Å². The van der Waals surface area contributed by atoms with Crippen LogP contribution in [0.15, 0.2) is 29.3 Å². The Morgan fingerprint density at radius 2 is 1.94 bits per heavy atom. The molecule has 1 aromatic heterocycles. The number of hydrogen-bond acceptors (Lipinski definition) is 7. The van der Waals surface area contributed by atoms with E-state index in [0.717, 1.165) is 35.6 Å². The van der Waals surface area contributed by atoms with E-state index in [1.54, 1.807) is 25.3 Å². The average Bonchev–Trinajstić information content (AvgIpc) is 3.17. The molecule has 0 atom stereocenters. The van der Waals surface area contributed by atoms with Crippen LogP contribution in [-0.2, 0) is 14.8 Å². The monoisotopic (exact) mass is 480 g/mol. The van der Waals surface area contributed by atoms with E-state index in [4.69, 9.17) is 10.5 Å². The van der Waals surface area contributed by atoms with Crippen molar-refractivity contribution in [1.29, 1.82) is 0 Å². The van der Waals surface area contributed by atoms with Gasteiger partial charge in [-0.25, -0.2) is 22.9 Å². The molecule has 1 heterocycles. The molecular weight excluding hydrogens is 448 g/mol. The molecular formula is C22H32N4O4S2. The first kappa shape index (κ1) is 24.5. The Balaban J connectivity index is 1.70. The van der Waals surface area contributed by atoms with Gasteiger partial charge >= 0.3 is 6.09 Å². The van der Waals surface area contributed by atoms with Gasteiger partial charge in [-0.1, -0.05) is 13.0 Å². The number of nitrogens with zero attached hydrogens (tertiary/aromatic N) is 1. The van der Waals surface area contributed by atoms with Crippen molar-refractivity contribution in [3.8, 4) is 10.4 Å². The van der Waals surface area contributed by atoms with Gasteiger partial charge in [0.1, 0.15) is 5.60 Å². The molecule has 0 unspecified atom stereocenters. The second-order valence-corrected chi connectivity index (χ2v) is 11.8. The molecule has 2 aromatic rings. The zero-order chi connectivity index (χ0) is 23.5. The molecule has 176 valence electrons. The Hall–Kier alpha value is -2.17. The number of anilines is 1. The summed E-state index contributed by atoms with van der Waals surface area (Å²) in [6, 6.07) is 5.01. The van der Waals surface area contributed by atoms with Gasteiger partial charge < -0.3 is 15.8 Å². The summed E-state index contributed by atoms with van der Waals surface area (Å²) in [6.45, 7) is 7.58. The topological polar surface area (TPSA) is 123 Å². The lowest BCUT2D eigenvalue weighted by atomic mass is 9.86. The number of hydrogen-bond donors (Lipinski definition) is 3. The summed E-state index contributed by atoms with van der Waals surface area (Å²) in [4.78, 5) is 17.6. The van der Waals surface area contributed by atoms with Gasteiger partial charge in [-0.15, -0.1) is 11.3 Å². The Morgan fingerprint density at radius 3 is 2.56 bits per heavy atom. The molecule has 0 radical (unpaired) electrons. The van der Waals surface area contributed by atoms with Crippen LogP contribution in [0.3, 0.4) is 0 Å². The number of benzene rings is 1. The lowest BCUT2D eigenvalue weighted by Crippen LogP contribution is -2.40. The SMILES string of the molecule is CCNS(=O)(=O)c1cc(N)ccc1-c1cnc([C@H]2CC[C@H](NC(=O)OC(C)(C)C)CC2)s1. The zero-order valence-electron chi connectivity index (χ0n) is 19.0. The lowest BCUT2D eigenvalue weighted by molar-refractivity contribution is 0.0491. The highest BCUT2D eigenvalue weighted by atomic mass is 32.2. The van der Waals surface area contributed by atoms with Gasteiger partial charge in [0.05, 0.1) is 14.8 Å². The maximum absolute atomic E-state index is 12.7. The molecule has 0 saturated heterocycles. The Morgan fingerprint density at radius 1 is 1.25 bits per heavy atom. The summed E-state index contributed by atoms with van der Waals surface area (Å²) in [7, 11) is -3.66. The predicted molar refractivity (Wildman–Crippen MR) is 127 cm³/mol. The number of rotatable bonds is 6. The highest BCUT2D eigenvalue weighted by Crippen LogP contribution is 2.39. The van der Waals surface area contributed by atoms with E-state index >= 15 is 0 Å². The van der Waals surface area contributed by atoms with Crippen molar-refractivity contribution in [2.45, 2.75) is 75.8 Å². The molecule has 1 saturated carbocycles. The van der Waals surface area contributed by atoms with Gasteiger partial charge in [-0.2, -0.15) is 0 Å². The quantitative estimate of drug-likeness (QED) is 0.531. The first-order valence-electron chi connectivity index (χ1n) is 10.8. The molecule has 32 heavy (non-hydrogen) atoms. The molecule has 8 nitrogen and oxygen atoms in total. The lowest BCUT2D eigenvalue weighted by Gasteiger charge is -2.29. The third-order valence-electron chi connectivity index (χ3n) is 5.22. The van der Waals surface area contributed by atoms with E-state index in [1.807, 2.05) is 20.8 Å². The molecule has 3 rings (SSSR count). The van der Waals surface area contributed by atoms with E-state index in [0.29, 0.717) is 17.8 Å². The molecule has 1 amide bonds. The summed E-state index contributed by atoms with van der Waals surface area (Å²) in [5, 5.41) is 3.94. The van der Waals surface area contributed by atoms with Gasteiger partial charge in [0.25, 0.3) is 0 Å². The third-order valence-corrected chi connectivity index (χ3v) is 7.99. The minimum atomic E-state index is -3.66. The number of sulfonamides is 1. The van der Waals surface area contributed by atoms with E-state index < -0.39 is 15.6 Å². The van der Waals surface area contributed by atoms with Gasteiger partial charge in [0.2, 0.25) is 10.0 Å². The van der Waals surface area contributed by atoms with Crippen LogP contribution < -0.4 is 15.8 Å². The number of nitrogens with two attached hydrogens (primary N) is 1. The molecule has 10 heteroatoms. The number of amides is 1. The Kier molecular flexibility index (Phi) is 7.46. The normalized spacial score (nSPS) is 19.5. The number of aromatic nitrogens is 1. The fraction of sp³-hybridized carbons (Fsp3) is 0.545. The first-order valence-corrected chi connectivity index (χ1v) is 13.1. The van der Waals surface area contributed by atoms with Crippen LogP contribution in [0.4, 0.5) is 10.5 Å². The van der Waals surface area contributed by atoms with Gasteiger partial charge in [-0.3, -0.25) is 0 Å². The highest BCUT2D eigenvalue weighted by Gasteiger charge is 2.28. The van der Waals surface area contributed by atoms with Crippen LogP contribution in [0.2, 0.25) is 0 Å². The number of alkyl carbamates (subject to hydrolysis) is 1.